The zero-order valence-corrected chi connectivity index (χ0v) is 31.5. The fourth-order valence-electron chi connectivity index (χ4n) is 9.94. The van der Waals surface area contributed by atoms with Crippen molar-refractivity contribution >= 4 is 44.4 Å². The molecule has 0 aliphatic heterocycles. The van der Waals surface area contributed by atoms with E-state index < -0.39 is 5.41 Å². The van der Waals surface area contributed by atoms with Gasteiger partial charge in [-0.25, -0.2) is 0 Å². The Morgan fingerprint density at radius 3 is 2.02 bits per heavy atom. The van der Waals surface area contributed by atoms with Crippen molar-refractivity contribution in [3.63, 3.8) is 0 Å². The maximum atomic E-state index is 3.54. The fraction of sp³-hybridized carbons (Fsp3) is 0.111. The van der Waals surface area contributed by atoms with Gasteiger partial charge in [0.25, 0.3) is 0 Å². The number of hydrogen-bond donors (Lipinski definition) is 0. The van der Waals surface area contributed by atoms with Gasteiger partial charge >= 0.3 is 0 Å². The Labute approximate surface area is 328 Å². The molecule has 1 unspecified atom stereocenters. The summed E-state index contributed by atoms with van der Waals surface area (Å²) in [6, 6.07) is 60.9. The first-order valence-electron chi connectivity index (χ1n) is 20.0. The van der Waals surface area contributed by atoms with Crippen LogP contribution >= 0.6 is 0 Å². The van der Waals surface area contributed by atoms with Gasteiger partial charge in [-0.3, -0.25) is 0 Å². The van der Waals surface area contributed by atoms with Gasteiger partial charge in [-0.05, 0) is 136 Å². The Hall–Kier alpha value is -6.82. The van der Waals surface area contributed by atoms with Crippen LogP contribution in [0, 0.1) is 11.8 Å². The molecule has 1 aromatic heterocycles. The van der Waals surface area contributed by atoms with Crippen LogP contribution in [0.25, 0.3) is 44.2 Å². The predicted molar refractivity (Wildman–Crippen MR) is 234 cm³/mol. The summed E-state index contributed by atoms with van der Waals surface area (Å²) in [5.74, 6) is 6.86. The molecule has 0 N–H and O–H groups in total. The summed E-state index contributed by atoms with van der Waals surface area (Å²) < 4.78 is 2.39. The number of allylic oxidation sites excluding steroid dienone is 4. The highest BCUT2D eigenvalue weighted by Gasteiger charge is 2.52. The topological polar surface area (TPSA) is 8.17 Å². The molecule has 1 spiro atoms. The smallest absolute Gasteiger partial charge is 0.0698 e. The standard InChI is InChI=1S/C54H40N2/c1-2-3-16-37-27-33-44-42-19-8-5-9-23-48(42)54(50(44)35-37)49-24-13-10-20-43(49)45-34-32-41(36-51(45)54)55(38-17-6-4-7-18-38)39-28-30-40(31-29-39)56-52-25-14-11-21-46(52)47-22-12-15-26-53(47)56/h4,6-8,10-15,17-22,24-36H,2-3,16,23H2,1H3. The molecule has 0 radical (unpaired) electrons. The van der Waals surface area contributed by atoms with Crippen LogP contribution < -0.4 is 4.90 Å². The molecule has 266 valence electrons. The SMILES string of the molecule is CCCCc1ccc2c(c1)C1(C3=C2C=CC#CC3)c2ccccc2-c2ccc(N(c3ccccc3)c3ccc(-n4c5ccccc5c5ccccc54)cc3)cc21. The molecule has 0 amide bonds. The second-order valence-electron chi connectivity index (χ2n) is 15.3. The first kappa shape index (κ1) is 32.6. The van der Waals surface area contributed by atoms with Crippen LogP contribution in [0.3, 0.4) is 0 Å². The molecule has 8 aromatic rings. The van der Waals surface area contributed by atoms with Gasteiger partial charge in [0, 0.05) is 39.9 Å². The average Bonchev–Trinajstić information content (AvgIpc) is 3.75. The minimum atomic E-state index is -0.430. The normalized spacial score (nSPS) is 16.0. The zero-order chi connectivity index (χ0) is 37.2. The van der Waals surface area contributed by atoms with E-state index in [0.717, 1.165) is 35.6 Å². The molecular formula is C54H40N2. The Balaban J connectivity index is 1.11. The number of rotatable bonds is 7. The Kier molecular flexibility index (Phi) is 7.51. The van der Waals surface area contributed by atoms with E-state index >= 15 is 0 Å². The number of nitrogens with zero attached hydrogens (tertiary/aromatic N) is 2. The van der Waals surface area contributed by atoms with Crippen LogP contribution in [0.1, 0.15) is 54.0 Å². The van der Waals surface area contributed by atoms with Gasteiger partial charge < -0.3 is 9.47 Å². The van der Waals surface area contributed by atoms with Crippen LogP contribution in [-0.4, -0.2) is 4.57 Å². The van der Waals surface area contributed by atoms with E-state index in [1.165, 1.54) is 84.7 Å². The molecule has 56 heavy (non-hydrogen) atoms. The molecule has 11 rings (SSSR count). The van der Waals surface area contributed by atoms with E-state index in [1.807, 2.05) is 0 Å². The molecule has 3 aliphatic rings. The molecule has 2 nitrogen and oxygen atoms in total. The molecule has 1 heterocycles. The molecule has 0 saturated heterocycles. The third-order valence-electron chi connectivity index (χ3n) is 12.3. The minimum Gasteiger partial charge on any atom is -0.310 e. The summed E-state index contributed by atoms with van der Waals surface area (Å²) in [6.07, 6.45) is 8.50. The van der Waals surface area contributed by atoms with Gasteiger partial charge in [0.05, 0.1) is 16.4 Å². The number of unbranched alkanes of at least 4 members (excludes halogenated alkanes) is 1. The highest BCUT2D eigenvalue weighted by Crippen LogP contribution is 2.63. The Morgan fingerprint density at radius 1 is 0.589 bits per heavy atom. The maximum Gasteiger partial charge on any atom is 0.0698 e. The van der Waals surface area contributed by atoms with Crippen LogP contribution in [0.2, 0.25) is 0 Å². The summed E-state index contributed by atoms with van der Waals surface area (Å²) >= 11 is 0. The lowest BCUT2D eigenvalue weighted by Crippen LogP contribution is -2.28. The number of anilines is 3. The monoisotopic (exact) mass is 716 g/mol. The van der Waals surface area contributed by atoms with Crippen molar-refractivity contribution in [3.8, 4) is 28.7 Å². The van der Waals surface area contributed by atoms with Crippen LogP contribution in [0.4, 0.5) is 17.1 Å². The van der Waals surface area contributed by atoms with Crippen molar-refractivity contribution in [3.05, 3.63) is 209 Å². The van der Waals surface area contributed by atoms with Gasteiger partial charge in [-0.2, -0.15) is 0 Å². The van der Waals surface area contributed by atoms with Crippen LogP contribution in [-0.2, 0) is 11.8 Å². The van der Waals surface area contributed by atoms with E-state index in [-0.39, 0.29) is 0 Å². The second-order valence-corrected chi connectivity index (χ2v) is 15.3. The van der Waals surface area contributed by atoms with Crippen molar-refractivity contribution in [2.45, 2.75) is 38.0 Å². The summed E-state index contributed by atoms with van der Waals surface area (Å²) in [6.45, 7) is 2.28. The number of aromatic nitrogens is 1. The molecule has 0 bridgehead atoms. The van der Waals surface area contributed by atoms with Crippen molar-refractivity contribution in [2.24, 2.45) is 0 Å². The van der Waals surface area contributed by atoms with Gasteiger partial charge in [-0.1, -0.05) is 128 Å². The minimum absolute atomic E-state index is 0.430. The van der Waals surface area contributed by atoms with Gasteiger partial charge in [0.2, 0.25) is 0 Å². The number of hydrogen-bond acceptors (Lipinski definition) is 1. The predicted octanol–water partition coefficient (Wildman–Crippen LogP) is 13.6. The molecular weight excluding hydrogens is 677 g/mol. The fourth-order valence-corrected chi connectivity index (χ4v) is 9.94. The third-order valence-corrected chi connectivity index (χ3v) is 12.3. The van der Waals surface area contributed by atoms with Crippen molar-refractivity contribution < 1.29 is 0 Å². The number of para-hydroxylation sites is 3. The average molecular weight is 717 g/mol. The van der Waals surface area contributed by atoms with Crippen LogP contribution in [0.5, 0.6) is 0 Å². The summed E-state index contributed by atoms with van der Waals surface area (Å²) in [5.41, 5.74) is 18.7. The number of aryl methyl sites for hydroxylation is 1. The Bertz CT molecular complexity index is 2930. The maximum absolute atomic E-state index is 3.54. The van der Waals surface area contributed by atoms with E-state index in [9.17, 15) is 0 Å². The number of benzene rings is 7. The molecule has 0 saturated carbocycles. The quantitative estimate of drug-likeness (QED) is 0.149. The molecule has 1 atom stereocenters. The lowest BCUT2D eigenvalue weighted by Gasteiger charge is -2.34. The zero-order valence-electron chi connectivity index (χ0n) is 31.5. The summed E-state index contributed by atoms with van der Waals surface area (Å²) in [5, 5.41) is 2.54. The van der Waals surface area contributed by atoms with Crippen molar-refractivity contribution in [2.75, 3.05) is 4.90 Å². The van der Waals surface area contributed by atoms with E-state index in [0.29, 0.717) is 0 Å². The third kappa shape index (κ3) is 4.71. The first-order valence-corrected chi connectivity index (χ1v) is 20.0. The highest BCUT2D eigenvalue weighted by molar-refractivity contribution is 6.09. The van der Waals surface area contributed by atoms with E-state index in [1.54, 1.807) is 0 Å². The van der Waals surface area contributed by atoms with Crippen LogP contribution in [0.15, 0.2) is 182 Å². The molecule has 2 heteroatoms. The summed E-state index contributed by atoms with van der Waals surface area (Å²) in [7, 11) is 0. The molecule has 0 fully saturated rings. The molecule has 3 aliphatic carbocycles. The number of fused-ring (bicyclic) bond motifs is 12. The highest BCUT2D eigenvalue weighted by atomic mass is 15.1. The summed E-state index contributed by atoms with van der Waals surface area (Å²) in [4.78, 5) is 2.42. The second kappa shape index (κ2) is 12.9. The van der Waals surface area contributed by atoms with E-state index in [4.69, 9.17) is 0 Å². The van der Waals surface area contributed by atoms with Gasteiger partial charge in [0.1, 0.15) is 0 Å². The molecule has 7 aromatic carbocycles. The first-order chi connectivity index (χ1) is 27.8. The van der Waals surface area contributed by atoms with Gasteiger partial charge in [-0.15, -0.1) is 0 Å². The van der Waals surface area contributed by atoms with Crippen molar-refractivity contribution in [1.29, 1.82) is 0 Å². The Morgan fingerprint density at radius 2 is 1.23 bits per heavy atom. The largest absolute Gasteiger partial charge is 0.310 e. The lowest BCUT2D eigenvalue weighted by molar-refractivity contribution is 0.744. The van der Waals surface area contributed by atoms with E-state index in [2.05, 4.69) is 204 Å². The van der Waals surface area contributed by atoms with Gasteiger partial charge in [0.15, 0.2) is 0 Å². The lowest BCUT2D eigenvalue weighted by atomic mass is 9.68. The van der Waals surface area contributed by atoms with Crippen molar-refractivity contribution in [1.82, 2.24) is 4.57 Å².